The van der Waals surface area contributed by atoms with Gasteiger partial charge >= 0.3 is 5.97 Å². The van der Waals surface area contributed by atoms with Crippen molar-refractivity contribution in [3.63, 3.8) is 0 Å². The monoisotopic (exact) mass is 572 g/mol. The fraction of sp³-hybridized carbons (Fsp3) is 0.464. The summed E-state index contributed by atoms with van der Waals surface area (Å²) < 4.78 is 32.4. The van der Waals surface area contributed by atoms with E-state index in [-0.39, 0.29) is 53.0 Å². The van der Waals surface area contributed by atoms with E-state index in [9.17, 15) is 27.6 Å². The fourth-order valence-electron chi connectivity index (χ4n) is 4.15. The first-order valence-corrected chi connectivity index (χ1v) is 14.9. The van der Waals surface area contributed by atoms with Crippen molar-refractivity contribution in [1.29, 1.82) is 0 Å². The Balaban J connectivity index is 1.46. The molecule has 1 aromatic heterocycles. The third-order valence-corrected chi connectivity index (χ3v) is 7.86. The second-order valence-electron chi connectivity index (χ2n) is 9.96. The summed E-state index contributed by atoms with van der Waals surface area (Å²) in [5.74, 6) is -1.91. The van der Waals surface area contributed by atoms with Gasteiger partial charge in [-0.3, -0.25) is 24.2 Å². The number of nitrogens with one attached hydrogen (secondary N) is 3. The molecule has 1 fully saturated rings. The lowest BCUT2D eigenvalue weighted by Crippen LogP contribution is -2.33. The molecule has 1 aromatic carbocycles. The SMILES string of the molecule is CC(C)C(=O)OCCNC(=O)c1ccc(C(=O)NS(=O)(=O)c2ccc(CCNC(=O)C3CCCCC3)cc2)cn1. The molecule has 11 nitrogen and oxygen atoms in total. The highest BCUT2D eigenvalue weighted by molar-refractivity contribution is 7.90. The Kier molecular flexibility index (Phi) is 11.2. The quantitative estimate of drug-likeness (QED) is 0.258. The minimum Gasteiger partial charge on any atom is -0.464 e. The van der Waals surface area contributed by atoms with Crippen LogP contribution in [-0.2, 0) is 30.8 Å². The summed E-state index contributed by atoms with van der Waals surface area (Å²) in [6.45, 7) is 3.97. The predicted octanol–water partition coefficient (Wildman–Crippen LogP) is 2.37. The number of aromatic nitrogens is 1. The van der Waals surface area contributed by atoms with Gasteiger partial charge in [-0.2, -0.15) is 0 Å². The maximum atomic E-state index is 12.7. The van der Waals surface area contributed by atoms with Crippen molar-refractivity contribution in [2.24, 2.45) is 11.8 Å². The molecule has 0 atom stereocenters. The number of hydrogen-bond acceptors (Lipinski definition) is 8. The minimum absolute atomic E-state index is 0.0130. The van der Waals surface area contributed by atoms with Crippen molar-refractivity contribution in [1.82, 2.24) is 20.3 Å². The number of carbonyl (C=O) groups excluding carboxylic acids is 4. The van der Waals surface area contributed by atoms with Crippen molar-refractivity contribution in [3.05, 3.63) is 59.4 Å². The molecule has 0 saturated heterocycles. The molecule has 0 spiro atoms. The van der Waals surface area contributed by atoms with E-state index < -0.39 is 21.8 Å². The third kappa shape index (κ3) is 9.15. The van der Waals surface area contributed by atoms with E-state index in [0.717, 1.165) is 37.4 Å². The van der Waals surface area contributed by atoms with Gasteiger partial charge < -0.3 is 15.4 Å². The van der Waals surface area contributed by atoms with Crippen molar-refractivity contribution >= 4 is 33.7 Å². The summed E-state index contributed by atoms with van der Waals surface area (Å²) in [5.41, 5.74) is 0.821. The summed E-state index contributed by atoms with van der Waals surface area (Å²) in [6, 6.07) is 8.67. The Morgan fingerprint density at radius 2 is 1.62 bits per heavy atom. The van der Waals surface area contributed by atoms with E-state index in [2.05, 4.69) is 15.6 Å². The van der Waals surface area contributed by atoms with Crippen molar-refractivity contribution in [2.75, 3.05) is 19.7 Å². The molecular weight excluding hydrogens is 536 g/mol. The van der Waals surface area contributed by atoms with Crippen molar-refractivity contribution in [2.45, 2.75) is 57.3 Å². The van der Waals surface area contributed by atoms with Gasteiger partial charge in [-0.15, -0.1) is 0 Å². The normalized spacial score (nSPS) is 13.9. The fourth-order valence-corrected chi connectivity index (χ4v) is 5.12. The lowest BCUT2D eigenvalue weighted by Gasteiger charge is -2.20. The second kappa shape index (κ2) is 14.5. The van der Waals surface area contributed by atoms with Crippen molar-refractivity contribution < 1.29 is 32.3 Å². The van der Waals surface area contributed by atoms with Gasteiger partial charge in [0.05, 0.1) is 22.9 Å². The van der Waals surface area contributed by atoms with Crippen LogP contribution in [0.25, 0.3) is 0 Å². The number of pyridine rings is 1. The van der Waals surface area contributed by atoms with E-state index in [1.807, 2.05) is 4.72 Å². The number of carbonyl (C=O) groups is 4. The van der Waals surface area contributed by atoms with Gasteiger partial charge in [0.25, 0.3) is 21.8 Å². The van der Waals surface area contributed by atoms with E-state index >= 15 is 0 Å². The average molecular weight is 573 g/mol. The molecular formula is C28H36N4O7S. The Morgan fingerprint density at radius 1 is 0.925 bits per heavy atom. The Bertz CT molecular complexity index is 1290. The van der Waals surface area contributed by atoms with Crippen molar-refractivity contribution in [3.8, 4) is 0 Å². The zero-order valence-corrected chi connectivity index (χ0v) is 23.6. The van der Waals surface area contributed by atoms with Crippen LogP contribution in [0.3, 0.4) is 0 Å². The first kappa shape index (κ1) is 30.7. The zero-order chi connectivity index (χ0) is 29.1. The summed E-state index contributed by atoms with van der Waals surface area (Å²) >= 11 is 0. The molecule has 0 radical (unpaired) electrons. The van der Waals surface area contributed by atoms with Crippen LogP contribution in [0.1, 0.15) is 72.4 Å². The standard InChI is InChI=1S/C28H36N4O7S/c1-19(2)28(36)39-17-16-30-27(35)24-13-10-22(18-31-24)26(34)32-40(37,38)23-11-8-20(9-12-23)14-15-29-25(33)21-6-4-3-5-7-21/h8-13,18-19,21H,3-7,14-17H2,1-2H3,(H,29,33)(H,30,35)(H,32,34). The van der Waals surface area contributed by atoms with Gasteiger partial charge in [0, 0.05) is 18.7 Å². The topological polar surface area (TPSA) is 161 Å². The smallest absolute Gasteiger partial charge is 0.308 e. The number of rotatable bonds is 12. The highest BCUT2D eigenvalue weighted by Crippen LogP contribution is 2.23. The van der Waals surface area contributed by atoms with Crippen LogP contribution in [0.5, 0.6) is 0 Å². The molecule has 12 heteroatoms. The summed E-state index contributed by atoms with van der Waals surface area (Å²) in [5, 5.41) is 5.50. The molecule has 0 unspecified atom stereocenters. The summed E-state index contributed by atoms with van der Waals surface area (Å²) in [6.07, 6.45) is 6.87. The van der Waals surface area contributed by atoms with E-state index in [1.54, 1.807) is 26.0 Å². The van der Waals surface area contributed by atoms with E-state index in [1.165, 1.54) is 30.7 Å². The Labute approximate surface area is 234 Å². The molecule has 3 rings (SSSR count). The minimum atomic E-state index is -4.15. The van der Waals surface area contributed by atoms with E-state index in [4.69, 9.17) is 4.74 Å². The molecule has 1 aliphatic carbocycles. The van der Waals surface area contributed by atoms with Gasteiger partial charge in [-0.1, -0.05) is 45.2 Å². The maximum absolute atomic E-state index is 12.7. The van der Waals surface area contributed by atoms with Gasteiger partial charge in [-0.25, -0.2) is 13.1 Å². The van der Waals surface area contributed by atoms with Crippen LogP contribution in [0, 0.1) is 11.8 Å². The molecule has 0 bridgehead atoms. The number of hydrogen-bond donors (Lipinski definition) is 3. The van der Waals surface area contributed by atoms with Crippen LogP contribution in [0.2, 0.25) is 0 Å². The Morgan fingerprint density at radius 3 is 2.25 bits per heavy atom. The highest BCUT2D eigenvalue weighted by Gasteiger charge is 2.21. The molecule has 1 saturated carbocycles. The van der Waals surface area contributed by atoms with Gasteiger partial charge in [0.1, 0.15) is 12.3 Å². The van der Waals surface area contributed by atoms with Crippen LogP contribution in [-0.4, -0.2) is 56.8 Å². The third-order valence-electron chi connectivity index (χ3n) is 6.51. The van der Waals surface area contributed by atoms with Gasteiger partial charge in [-0.05, 0) is 49.1 Å². The number of ether oxygens (including phenoxy) is 1. The van der Waals surface area contributed by atoms with E-state index in [0.29, 0.717) is 13.0 Å². The lowest BCUT2D eigenvalue weighted by molar-refractivity contribution is -0.147. The molecule has 2 aromatic rings. The first-order valence-electron chi connectivity index (χ1n) is 13.4. The molecule has 1 heterocycles. The molecule has 40 heavy (non-hydrogen) atoms. The number of amides is 3. The molecule has 1 aliphatic rings. The summed E-state index contributed by atoms with van der Waals surface area (Å²) in [7, 11) is -4.15. The van der Waals surface area contributed by atoms with Gasteiger partial charge in [0.15, 0.2) is 0 Å². The van der Waals surface area contributed by atoms with Crippen LogP contribution < -0.4 is 15.4 Å². The van der Waals surface area contributed by atoms with Crippen LogP contribution in [0.15, 0.2) is 47.5 Å². The second-order valence-corrected chi connectivity index (χ2v) is 11.6. The average Bonchev–Trinajstić information content (AvgIpc) is 2.95. The molecule has 216 valence electrons. The Hall–Kier alpha value is -3.80. The summed E-state index contributed by atoms with van der Waals surface area (Å²) in [4.78, 5) is 52.2. The number of esters is 1. The van der Waals surface area contributed by atoms with Crippen LogP contribution in [0.4, 0.5) is 0 Å². The maximum Gasteiger partial charge on any atom is 0.308 e. The number of benzene rings is 1. The lowest BCUT2D eigenvalue weighted by atomic mass is 9.88. The molecule has 3 N–H and O–H groups in total. The number of sulfonamides is 1. The largest absolute Gasteiger partial charge is 0.464 e. The first-order chi connectivity index (χ1) is 19.1. The van der Waals surface area contributed by atoms with Crippen LogP contribution >= 0.6 is 0 Å². The predicted molar refractivity (Wildman–Crippen MR) is 147 cm³/mol. The van der Waals surface area contributed by atoms with Gasteiger partial charge in [0.2, 0.25) is 5.91 Å². The zero-order valence-electron chi connectivity index (χ0n) is 22.8. The highest BCUT2D eigenvalue weighted by atomic mass is 32.2. The molecule has 0 aliphatic heterocycles. The molecule has 3 amide bonds. The number of nitrogens with zero attached hydrogens (tertiary/aromatic N) is 1.